The molecule has 0 saturated heterocycles. The Hall–Kier alpha value is -3.09. The van der Waals surface area contributed by atoms with Crippen molar-refractivity contribution < 1.29 is 19.1 Å². The van der Waals surface area contributed by atoms with Crippen LogP contribution in [0, 0.1) is 0 Å². The van der Waals surface area contributed by atoms with Gasteiger partial charge in [-0.3, -0.25) is 9.69 Å². The Morgan fingerprint density at radius 2 is 2.04 bits per heavy atom. The SMILES string of the molecule is CCC1Oc2ccc(N)nc2N(C(C)C(=O)OCc2ccccc2)C1=O. The number of aromatic nitrogens is 1. The lowest BCUT2D eigenvalue weighted by atomic mass is 10.1. The van der Waals surface area contributed by atoms with E-state index in [1.54, 1.807) is 19.1 Å². The summed E-state index contributed by atoms with van der Waals surface area (Å²) in [6.07, 6.45) is -0.192. The molecule has 3 rings (SSSR count). The number of nitrogens with zero attached hydrogens (tertiary/aromatic N) is 2. The van der Waals surface area contributed by atoms with Crippen LogP contribution in [0.4, 0.5) is 11.6 Å². The van der Waals surface area contributed by atoms with Gasteiger partial charge in [0.15, 0.2) is 17.7 Å². The highest BCUT2D eigenvalue weighted by atomic mass is 16.5. The molecule has 1 aromatic heterocycles. The van der Waals surface area contributed by atoms with Crippen molar-refractivity contribution in [3.05, 3.63) is 48.0 Å². The molecule has 1 aromatic carbocycles. The Morgan fingerprint density at radius 1 is 1.31 bits per heavy atom. The number of ether oxygens (including phenoxy) is 2. The summed E-state index contributed by atoms with van der Waals surface area (Å²) >= 11 is 0. The summed E-state index contributed by atoms with van der Waals surface area (Å²) in [5.74, 6) is 0.0542. The third-order valence-electron chi connectivity index (χ3n) is 4.19. The van der Waals surface area contributed by atoms with E-state index in [-0.39, 0.29) is 24.1 Å². The first-order valence-electron chi connectivity index (χ1n) is 8.48. The molecule has 7 nitrogen and oxygen atoms in total. The molecule has 0 bridgehead atoms. The second-order valence-electron chi connectivity index (χ2n) is 6.05. The summed E-state index contributed by atoms with van der Waals surface area (Å²) in [5.41, 5.74) is 6.62. The highest BCUT2D eigenvalue weighted by molar-refractivity contribution is 6.03. The molecule has 2 unspecified atom stereocenters. The summed E-state index contributed by atoms with van der Waals surface area (Å²) < 4.78 is 11.0. The van der Waals surface area contributed by atoms with Gasteiger partial charge in [0, 0.05) is 0 Å². The number of nitrogen functional groups attached to an aromatic ring is 1. The highest BCUT2D eigenvalue weighted by Gasteiger charge is 2.40. The van der Waals surface area contributed by atoms with Crippen molar-refractivity contribution in [3.8, 4) is 5.75 Å². The van der Waals surface area contributed by atoms with Crippen LogP contribution in [-0.2, 0) is 20.9 Å². The minimum atomic E-state index is -0.850. The van der Waals surface area contributed by atoms with Gasteiger partial charge in [0.05, 0.1) is 0 Å². The monoisotopic (exact) mass is 355 g/mol. The largest absolute Gasteiger partial charge is 0.477 e. The van der Waals surface area contributed by atoms with Crippen LogP contribution in [0.2, 0.25) is 0 Å². The molecule has 1 aliphatic heterocycles. The summed E-state index contributed by atoms with van der Waals surface area (Å²) in [5, 5.41) is 0. The van der Waals surface area contributed by atoms with Crippen LogP contribution in [0.5, 0.6) is 5.75 Å². The smallest absolute Gasteiger partial charge is 0.329 e. The zero-order chi connectivity index (χ0) is 18.7. The van der Waals surface area contributed by atoms with Gasteiger partial charge < -0.3 is 15.2 Å². The molecule has 1 aliphatic rings. The second kappa shape index (κ2) is 7.43. The average Bonchev–Trinajstić information content (AvgIpc) is 2.66. The number of carbonyl (C=O) groups is 2. The zero-order valence-corrected chi connectivity index (χ0v) is 14.7. The van der Waals surface area contributed by atoms with Gasteiger partial charge in [0.2, 0.25) is 0 Å². The summed E-state index contributed by atoms with van der Waals surface area (Å²) in [6.45, 7) is 3.59. The van der Waals surface area contributed by atoms with E-state index in [0.717, 1.165) is 5.56 Å². The molecule has 2 heterocycles. The molecule has 0 fully saturated rings. The molecule has 1 amide bonds. The average molecular weight is 355 g/mol. The lowest BCUT2D eigenvalue weighted by Crippen LogP contribution is -2.53. The van der Waals surface area contributed by atoms with Gasteiger partial charge in [-0.2, -0.15) is 0 Å². The fraction of sp³-hybridized carbons (Fsp3) is 0.316. The van der Waals surface area contributed by atoms with Gasteiger partial charge in [-0.1, -0.05) is 37.3 Å². The predicted octanol–water partition coefficient (Wildman–Crippen LogP) is 2.30. The molecule has 0 radical (unpaired) electrons. The molecular formula is C19H21N3O4. The maximum Gasteiger partial charge on any atom is 0.329 e. The van der Waals surface area contributed by atoms with Crippen molar-refractivity contribution in [2.24, 2.45) is 0 Å². The first-order valence-corrected chi connectivity index (χ1v) is 8.48. The van der Waals surface area contributed by atoms with Crippen LogP contribution in [-0.4, -0.2) is 29.0 Å². The number of anilines is 2. The van der Waals surface area contributed by atoms with Crippen LogP contribution in [0.25, 0.3) is 0 Å². The number of nitrogens with two attached hydrogens (primary N) is 1. The summed E-state index contributed by atoms with van der Waals surface area (Å²) in [6, 6.07) is 11.8. The van der Waals surface area contributed by atoms with Gasteiger partial charge in [0.1, 0.15) is 18.5 Å². The van der Waals surface area contributed by atoms with E-state index >= 15 is 0 Å². The van der Waals surface area contributed by atoms with Gasteiger partial charge >= 0.3 is 5.97 Å². The van der Waals surface area contributed by atoms with Gasteiger partial charge in [-0.25, -0.2) is 9.78 Å². The molecule has 2 atom stereocenters. The van der Waals surface area contributed by atoms with Crippen molar-refractivity contribution in [1.29, 1.82) is 0 Å². The molecule has 0 saturated carbocycles. The van der Waals surface area contributed by atoms with E-state index in [4.69, 9.17) is 15.2 Å². The van der Waals surface area contributed by atoms with E-state index in [0.29, 0.717) is 12.2 Å². The Kier molecular flexibility index (Phi) is 5.06. The zero-order valence-electron chi connectivity index (χ0n) is 14.7. The van der Waals surface area contributed by atoms with E-state index in [1.165, 1.54) is 4.90 Å². The lowest BCUT2D eigenvalue weighted by Gasteiger charge is -2.35. The molecule has 7 heteroatoms. The van der Waals surface area contributed by atoms with Crippen LogP contribution in [0.1, 0.15) is 25.8 Å². The fourth-order valence-corrected chi connectivity index (χ4v) is 2.76. The topological polar surface area (TPSA) is 94.8 Å². The van der Waals surface area contributed by atoms with Gasteiger partial charge in [0.25, 0.3) is 5.91 Å². The molecule has 2 aromatic rings. The second-order valence-corrected chi connectivity index (χ2v) is 6.05. The van der Waals surface area contributed by atoms with Gasteiger partial charge in [-0.15, -0.1) is 0 Å². The van der Waals surface area contributed by atoms with E-state index in [9.17, 15) is 9.59 Å². The normalized spacial score (nSPS) is 17.2. The number of carbonyl (C=O) groups excluding carboxylic acids is 2. The molecule has 136 valence electrons. The van der Waals surface area contributed by atoms with Crippen molar-refractivity contribution in [2.45, 2.75) is 39.0 Å². The number of hydrogen-bond acceptors (Lipinski definition) is 6. The molecule has 0 spiro atoms. The van der Waals surface area contributed by atoms with Crippen molar-refractivity contribution in [2.75, 3.05) is 10.6 Å². The van der Waals surface area contributed by atoms with Crippen molar-refractivity contribution in [3.63, 3.8) is 0 Å². The third-order valence-corrected chi connectivity index (χ3v) is 4.19. The summed E-state index contributed by atoms with van der Waals surface area (Å²) in [7, 11) is 0. The Labute approximate surface area is 151 Å². The number of amides is 1. The molecule has 26 heavy (non-hydrogen) atoms. The first kappa shape index (κ1) is 17.7. The quantitative estimate of drug-likeness (QED) is 0.827. The van der Waals surface area contributed by atoms with Gasteiger partial charge in [-0.05, 0) is 31.0 Å². The van der Waals surface area contributed by atoms with Crippen LogP contribution in [0.15, 0.2) is 42.5 Å². The minimum absolute atomic E-state index is 0.136. The van der Waals surface area contributed by atoms with E-state index in [1.807, 2.05) is 37.3 Å². The first-order chi connectivity index (χ1) is 12.5. The van der Waals surface area contributed by atoms with Crippen LogP contribution in [0.3, 0.4) is 0 Å². The summed E-state index contributed by atoms with van der Waals surface area (Å²) in [4.78, 5) is 30.8. The Bertz CT molecular complexity index is 810. The lowest BCUT2D eigenvalue weighted by molar-refractivity contribution is -0.148. The van der Waals surface area contributed by atoms with E-state index in [2.05, 4.69) is 4.98 Å². The number of hydrogen-bond donors (Lipinski definition) is 1. The highest BCUT2D eigenvalue weighted by Crippen LogP contribution is 2.35. The number of benzene rings is 1. The third kappa shape index (κ3) is 3.46. The Balaban J connectivity index is 1.82. The fourth-order valence-electron chi connectivity index (χ4n) is 2.76. The number of fused-ring (bicyclic) bond motifs is 1. The van der Waals surface area contributed by atoms with Crippen molar-refractivity contribution in [1.82, 2.24) is 4.98 Å². The standard InChI is InChI=1S/C19H21N3O4/c1-3-14-18(23)22(17-15(26-14)9-10-16(20)21-17)12(2)19(24)25-11-13-7-5-4-6-8-13/h4-10,12,14H,3,11H2,1-2H3,(H2,20,21). The molecule has 2 N–H and O–H groups in total. The number of pyridine rings is 1. The van der Waals surface area contributed by atoms with E-state index < -0.39 is 18.1 Å². The van der Waals surface area contributed by atoms with Crippen molar-refractivity contribution >= 4 is 23.5 Å². The maximum atomic E-state index is 12.8. The molecule has 0 aliphatic carbocycles. The van der Waals surface area contributed by atoms with Crippen LogP contribution < -0.4 is 15.4 Å². The number of rotatable bonds is 5. The Morgan fingerprint density at radius 3 is 2.73 bits per heavy atom. The van der Waals surface area contributed by atoms with Crippen LogP contribution >= 0.6 is 0 Å². The maximum absolute atomic E-state index is 12.8. The molecular weight excluding hydrogens is 334 g/mol. The predicted molar refractivity (Wildman–Crippen MR) is 96.5 cm³/mol. The minimum Gasteiger partial charge on any atom is -0.477 e. The number of esters is 1.